The molecule has 0 radical (unpaired) electrons. The van der Waals surface area contributed by atoms with Crippen molar-refractivity contribution in [1.82, 2.24) is 9.97 Å². The van der Waals surface area contributed by atoms with Crippen molar-refractivity contribution in [1.29, 1.82) is 0 Å². The van der Waals surface area contributed by atoms with E-state index in [-0.39, 0.29) is 5.78 Å². The molecule has 0 atom stereocenters. The maximum atomic E-state index is 10.9. The average Bonchev–Trinajstić information content (AvgIpc) is 2.34. The zero-order chi connectivity index (χ0) is 14.3. The number of rotatable bonds is 8. The molecule has 5 nitrogen and oxygen atoms in total. The Balaban J connectivity index is 2.67. The number of carbonyl (C=O) groups excluding carboxylic acids is 1. The second-order valence-electron chi connectivity index (χ2n) is 4.81. The molecule has 0 spiro atoms. The van der Waals surface area contributed by atoms with Gasteiger partial charge in [0.1, 0.15) is 23.2 Å². The van der Waals surface area contributed by atoms with Gasteiger partial charge in [0.25, 0.3) is 0 Å². The summed E-state index contributed by atoms with van der Waals surface area (Å²) < 4.78 is 0. The molecule has 0 amide bonds. The van der Waals surface area contributed by atoms with E-state index in [9.17, 15) is 4.79 Å². The number of ketones is 1. The van der Waals surface area contributed by atoms with Crippen molar-refractivity contribution < 1.29 is 4.79 Å². The van der Waals surface area contributed by atoms with Crippen molar-refractivity contribution in [2.45, 2.75) is 40.0 Å². The van der Waals surface area contributed by atoms with Crippen LogP contribution in [-0.4, -0.2) is 35.9 Å². The lowest BCUT2D eigenvalue weighted by molar-refractivity contribution is -0.116. The van der Waals surface area contributed by atoms with Gasteiger partial charge in [-0.15, -0.1) is 0 Å². The summed E-state index contributed by atoms with van der Waals surface area (Å²) in [4.78, 5) is 21.8. The Morgan fingerprint density at radius 1 is 1.42 bits per heavy atom. The van der Waals surface area contributed by atoms with Crippen LogP contribution in [0.25, 0.3) is 0 Å². The van der Waals surface area contributed by atoms with Gasteiger partial charge >= 0.3 is 0 Å². The lowest BCUT2D eigenvalue weighted by Crippen LogP contribution is -2.20. The molecule has 1 aromatic heterocycles. The second kappa shape index (κ2) is 7.71. The monoisotopic (exact) mass is 264 g/mol. The highest BCUT2D eigenvalue weighted by Gasteiger charge is 2.06. The molecule has 0 saturated carbocycles. The third-order valence-electron chi connectivity index (χ3n) is 2.85. The number of hydrogen-bond donors (Lipinski definition) is 1. The minimum Gasteiger partial charge on any atom is -0.369 e. The molecule has 0 aliphatic heterocycles. The number of hydrogen-bond acceptors (Lipinski definition) is 5. The molecule has 0 unspecified atom stereocenters. The first kappa shape index (κ1) is 15.4. The number of unbranched alkanes of at least 4 members (excludes halogenated alkanes) is 1. The largest absolute Gasteiger partial charge is 0.369 e. The summed E-state index contributed by atoms with van der Waals surface area (Å²) in [5.74, 6) is 2.63. The lowest BCUT2D eigenvalue weighted by atomic mass is 10.3. The number of anilines is 2. The van der Waals surface area contributed by atoms with Gasteiger partial charge in [0.15, 0.2) is 0 Å². The van der Waals surface area contributed by atoms with Crippen LogP contribution in [0.2, 0.25) is 0 Å². The predicted octanol–water partition coefficient (Wildman–Crippen LogP) is 2.41. The molecular formula is C14H24N4O. The molecule has 1 aromatic rings. The zero-order valence-corrected chi connectivity index (χ0v) is 12.4. The van der Waals surface area contributed by atoms with Crippen molar-refractivity contribution in [2.24, 2.45) is 0 Å². The van der Waals surface area contributed by atoms with Gasteiger partial charge in [-0.05, 0) is 20.3 Å². The first-order valence-electron chi connectivity index (χ1n) is 6.83. The van der Waals surface area contributed by atoms with E-state index in [1.807, 2.05) is 20.0 Å². The Bertz CT molecular complexity index is 420. The van der Waals surface area contributed by atoms with Crippen LogP contribution in [-0.2, 0) is 4.79 Å². The molecule has 0 aromatic carbocycles. The number of nitrogens with zero attached hydrogens (tertiary/aromatic N) is 3. The van der Waals surface area contributed by atoms with Gasteiger partial charge in [0, 0.05) is 32.6 Å². The highest BCUT2D eigenvalue weighted by molar-refractivity contribution is 5.75. The second-order valence-corrected chi connectivity index (χ2v) is 4.81. The van der Waals surface area contributed by atoms with E-state index in [4.69, 9.17) is 0 Å². The smallest absolute Gasteiger partial charge is 0.134 e. The summed E-state index contributed by atoms with van der Waals surface area (Å²) in [5, 5.41) is 3.17. The van der Waals surface area contributed by atoms with Crippen LogP contribution in [0.1, 0.15) is 38.9 Å². The summed E-state index contributed by atoms with van der Waals surface area (Å²) in [7, 11) is 2.04. The van der Waals surface area contributed by atoms with Crippen LogP contribution in [0, 0.1) is 6.92 Å². The van der Waals surface area contributed by atoms with Gasteiger partial charge in [0.05, 0.1) is 0 Å². The van der Waals surface area contributed by atoms with Crippen LogP contribution in [0.5, 0.6) is 0 Å². The molecule has 1 N–H and O–H groups in total. The fraction of sp³-hybridized carbons (Fsp3) is 0.643. The molecule has 1 rings (SSSR count). The van der Waals surface area contributed by atoms with Crippen LogP contribution < -0.4 is 10.2 Å². The number of nitrogens with one attached hydrogen (secondary N) is 1. The summed E-state index contributed by atoms with van der Waals surface area (Å²) in [6.45, 7) is 7.25. The van der Waals surface area contributed by atoms with Gasteiger partial charge in [0.2, 0.25) is 0 Å². The number of aromatic nitrogens is 2. The van der Waals surface area contributed by atoms with Crippen molar-refractivity contribution in [2.75, 3.05) is 30.4 Å². The Morgan fingerprint density at radius 2 is 2.16 bits per heavy atom. The molecule has 0 saturated heterocycles. The number of Topliss-reactive ketones (excluding diaryl/α,β-unsaturated/α-hetero) is 1. The normalized spacial score (nSPS) is 10.3. The van der Waals surface area contributed by atoms with Crippen LogP contribution in [0.4, 0.5) is 11.6 Å². The third kappa shape index (κ3) is 5.68. The fourth-order valence-electron chi connectivity index (χ4n) is 1.71. The van der Waals surface area contributed by atoms with Crippen LogP contribution >= 0.6 is 0 Å². The quantitative estimate of drug-likeness (QED) is 0.781. The Labute approximate surface area is 115 Å². The number of carbonyl (C=O) groups is 1. The fourth-order valence-corrected chi connectivity index (χ4v) is 1.71. The van der Waals surface area contributed by atoms with Gasteiger partial charge in [-0.3, -0.25) is 4.79 Å². The molecule has 0 fully saturated rings. The van der Waals surface area contributed by atoms with E-state index >= 15 is 0 Å². The minimum absolute atomic E-state index is 0.179. The minimum atomic E-state index is 0.179. The van der Waals surface area contributed by atoms with Crippen molar-refractivity contribution in [3.63, 3.8) is 0 Å². The van der Waals surface area contributed by atoms with E-state index < -0.39 is 0 Å². The predicted molar refractivity (Wildman–Crippen MR) is 78.7 cm³/mol. The summed E-state index contributed by atoms with van der Waals surface area (Å²) in [6.07, 6.45) is 2.83. The van der Waals surface area contributed by atoms with E-state index in [1.54, 1.807) is 6.92 Å². The van der Waals surface area contributed by atoms with Gasteiger partial charge < -0.3 is 10.2 Å². The molecule has 19 heavy (non-hydrogen) atoms. The summed E-state index contributed by atoms with van der Waals surface area (Å²) in [6, 6.07) is 1.93. The summed E-state index contributed by atoms with van der Waals surface area (Å²) in [5.41, 5.74) is 0. The SMILES string of the molecule is CCCCN(C)c1cc(NCCC(C)=O)nc(C)n1. The lowest BCUT2D eigenvalue weighted by Gasteiger charge is -2.19. The number of aryl methyl sites for hydroxylation is 1. The van der Waals surface area contributed by atoms with E-state index in [2.05, 4.69) is 27.1 Å². The van der Waals surface area contributed by atoms with Gasteiger partial charge in [-0.2, -0.15) is 0 Å². The Morgan fingerprint density at radius 3 is 2.79 bits per heavy atom. The van der Waals surface area contributed by atoms with Gasteiger partial charge in [-0.25, -0.2) is 9.97 Å². The van der Waals surface area contributed by atoms with Crippen molar-refractivity contribution in [3.8, 4) is 0 Å². The maximum absolute atomic E-state index is 10.9. The highest BCUT2D eigenvalue weighted by atomic mass is 16.1. The van der Waals surface area contributed by atoms with Gasteiger partial charge in [-0.1, -0.05) is 13.3 Å². The molecule has 0 aliphatic carbocycles. The molecule has 5 heteroatoms. The van der Waals surface area contributed by atoms with Crippen LogP contribution in [0.15, 0.2) is 6.07 Å². The first-order valence-corrected chi connectivity index (χ1v) is 6.83. The summed E-state index contributed by atoms with van der Waals surface area (Å²) >= 11 is 0. The topological polar surface area (TPSA) is 58.1 Å². The average molecular weight is 264 g/mol. The molecule has 0 bridgehead atoms. The Kier molecular flexibility index (Phi) is 6.25. The van der Waals surface area contributed by atoms with Crippen molar-refractivity contribution in [3.05, 3.63) is 11.9 Å². The van der Waals surface area contributed by atoms with Crippen molar-refractivity contribution >= 4 is 17.4 Å². The van der Waals surface area contributed by atoms with E-state index in [0.29, 0.717) is 13.0 Å². The first-order chi connectivity index (χ1) is 9.02. The Hall–Kier alpha value is -1.65. The molecule has 1 heterocycles. The van der Waals surface area contributed by atoms with E-state index in [1.165, 1.54) is 0 Å². The molecular weight excluding hydrogens is 240 g/mol. The molecule has 106 valence electrons. The highest BCUT2D eigenvalue weighted by Crippen LogP contribution is 2.15. The molecule has 0 aliphatic rings. The third-order valence-corrected chi connectivity index (χ3v) is 2.85. The zero-order valence-electron chi connectivity index (χ0n) is 12.4. The maximum Gasteiger partial charge on any atom is 0.134 e. The van der Waals surface area contributed by atoms with E-state index in [0.717, 1.165) is 36.8 Å². The standard InChI is InChI=1S/C14H24N4O/c1-5-6-9-18(4)14-10-13(16-12(3)17-14)15-8-7-11(2)19/h10H,5-9H2,1-4H3,(H,15,16,17). The van der Waals surface area contributed by atoms with Crippen LogP contribution in [0.3, 0.4) is 0 Å².